The second kappa shape index (κ2) is 8.94. The zero-order valence-electron chi connectivity index (χ0n) is 11.6. The Bertz CT molecular complexity index is 568. The molecule has 2 aromatic rings. The van der Waals surface area contributed by atoms with Crippen molar-refractivity contribution in [3.63, 3.8) is 0 Å². The van der Waals surface area contributed by atoms with Crippen molar-refractivity contribution in [3.8, 4) is 0 Å². The Labute approximate surface area is 133 Å². The van der Waals surface area contributed by atoms with E-state index in [1.54, 1.807) is 24.3 Å². The minimum absolute atomic E-state index is 0. The number of benzene rings is 2. The standard InChI is InChI=1S/2C8H8O2.Co/c2*1-6-3-2-4-7(5-6)8(9)10;/h2*2-5H,1H3,(H,9,10);/q;;+2/p-2. The molecule has 0 spiro atoms. The molecule has 0 bridgehead atoms. The Morgan fingerprint density at radius 1 is 0.762 bits per heavy atom. The van der Waals surface area contributed by atoms with Crippen molar-refractivity contribution in [2.75, 3.05) is 0 Å². The van der Waals surface area contributed by atoms with Crippen molar-refractivity contribution in [3.05, 3.63) is 70.8 Å². The maximum absolute atomic E-state index is 10.2. The smallest absolute Gasteiger partial charge is 0.545 e. The van der Waals surface area contributed by atoms with Gasteiger partial charge >= 0.3 is 16.8 Å². The molecule has 0 N–H and O–H groups in total. The van der Waals surface area contributed by atoms with Gasteiger partial charge in [0.1, 0.15) is 0 Å². The van der Waals surface area contributed by atoms with Crippen LogP contribution in [0.4, 0.5) is 0 Å². The summed E-state index contributed by atoms with van der Waals surface area (Å²) >= 11 is 0. The average Bonchev–Trinajstić information content (AvgIpc) is 2.39. The molecular weight excluding hydrogens is 315 g/mol. The van der Waals surface area contributed by atoms with E-state index >= 15 is 0 Å². The van der Waals surface area contributed by atoms with Crippen LogP contribution in [0.3, 0.4) is 0 Å². The summed E-state index contributed by atoms with van der Waals surface area (Å²) in [6.45, 7) is 3.68. The summed E-state index contributed by atoms with van der Waals surface area (Å²) in [5, 5.41) is 20.5. The Kier molecular flexibility index (Phi) is 8.04. The van der Waals surface area contributed by atoms with Gasteiger partial charge < -0.3 is 19.8 Å². The van der Waals surface area contributed by atoms with Crippen LogP contribution in [0.2, 0.25) is 0 Å². The molecule has 0 saturated heterocycles. The van der Waals surface area contributed by atoms with E-state index in [2.05, 4.69) is 0 Å². The normalized spacial score (nSPS) is 8.86. The van der Waals surface area contributed by atoms with Gasteiger partial charge in [-0.25, -0.2) is 0 Å². The van der Waals surface area contributed by atoms with Gasteiger partial charge in [0, 0.05) is 0 Å². The number of hydrogen-bond acceptors (Lipinski definition) is 4. The zero-order chi connectivity index (χ0) is 15.1. The van der Waals surface area contributed by atoms with Gasteiger partial charge in [-0.3, -0.25) is 0 Å². The Morgan fingerprint density at radius 3 is 1.29 bits per heavy atom. The van der Waals surface area contributed by atoms with E-state index in [9.17, 15) is 19.8 Å². The largest absolute Gasteiger partial charge is 2.00 e. The van der Waals surface area contributed by atoms with Crippen molar-refractivity contribution in [1.82, 2.24) is 0 Å². The molecule has 2 rings (SSSR count). The SMILES string of the molecule is Cc1cccc(C(=O)[O-])c1.Cc1cccc(C(=O)[O-])c1.[Co+2]. The van der Waals surface area contributed by atoms with Gasteiger partial charge in [0.25, 0.3) is 0 Å². The molecule has 2 aromatic carbocycles. The number of hydrogen-bond donors (Lipinski definition) is 0. The zero-order valence-corrected chi connectivity index (χ0v) is 12.6. The molecule has 0 heterocycles. The molecule has 0 aliphatic carbocycles. The van der Waals surface area contributed by atoms with Crippen molar-refractivity contribution >= 4 is 11.9 Å². The van der Waals surface area contributed by atoms with Crippen molar-refractivity contribution in [2.24, 2.45) is 0 Å². The number of carboxylic acids is 2. The van der Waals surface area contributed by atoms with Crippen LogP contribution >= 0.6 is 0 Å². The molecule has 0 unspecified atom stereocenters. The third-order valence-corrected chi connectivity index (χ3v) is 2.51. The topological polar surface area (TPSA) is 80.3 Å². The summed E-state index contributed by atoms with van der Waals surface area (Å²) in [5.74, 6) is -2.24. The second-order valence-corrected chi connectivity index (χ2v) is 4.31. The van der Waals surface area contributed by atoms with Crippen LogP contribution in [0.25, 0.3) is 0 Å². The summed E-state index contributed by atoms with van der Waals surface area (Å²) < 4.78 is 0. The third kappa shape index (κ3) is 6.74. The third-order valence-electron chi connectivity index (χ3n) is 2.51. The van der Waals surface area contributed by atoms with Gasteiger partial charge in [-0.1, -0.05) is 59.7 Å². The molecule has 4 nitrogen and oxygen atoms in total. The van der Waals surface area contributed by atoms with Gasteiger partial charge in [0.05, 0.1) is 11.9 Å². The van der Waals surface area contributed by atoms with Gasteiger partial charge in [0.15, 0.2) is 0 Å². The molecule has 0 saturated carbocycles. The number of aryl methyl sites for hydroxylation is 2. The predicted molar refractivity (Wildman–Crippen MR) is 71.0 cm³/mol. The number of carbonyl (C=O) groups excluding carboxylic acids is 2. The summed E-state index contributed by atoms with van der Waals surface area (Å²) in [6.07, 6.45) is 0. The first-order valence-corrected chi connectivity index (χ1v) is 5.96. The van der Waals surface area contributed by atoms with Crippen LogP contribution in [0.5, 0.6) is 0 Å². The maximum Gasteiger partial charge on any atom is 2.00 e. The first kappa shape index (κ1) is 18.9. The summed E-state index contributed by atoms with van der Waals surface area (Å²) in [6, 6.07) is 13.3. The van der Waals surface area contributed by atoms with Gasteiger partial charge in [-0.05, 0) is 25.0 Å². The number of aromatic carboxylic acids is 2. The fourth-order valence-corrected chi connectivity index (χ4v) is 1.54. The van der Waals surface area contributed by atoms with Crippen LogP contribution in [-0.2, 0) is 16.8 Å². The van der Waals surface area contributed by atoms with Crippen LogP contribution in [0.1, 0.15) is 31.8 Å². The fraction of sp³-hybridized carbons (Fsp3) is 0.125. The van der Waals surface area contributed by atoms with Crippen LogP contribution in [-0.4, -0.2) is 11.9 Å². The molecular formula is C16H14CoO4. The van der Waals surface area contributed by atoms with Crippen LogP contribution < -0.4 is 10.2 Å². The van der Waals surface area contributed by atoms with Gasteiger partial charge in [0.2, 0.25) is 0 Å². The maximum atomic E-state index is 10.2. The first-order valence-electron chi connectivity index (χ1n) is 5.96. The van der Waals surface area contributed by atoms with E-state index in [4.69, 9.17) is 0 Å². The fourth-order valence-electron chi connectivity index (χ4n) is 1.54. The Morgan fingerprint density at radius 2 is 1.10 bits per heavy atom. The molecule has 5 heteroatoms. The van der Waals surface area contributed by atoms with Crippen LogP contribution in [0, 0.1) is 13.8 Å². The Balaban J connectivity index is 0.000000364. The minimum atomic E-state index is -1.12. The monoisotopic (exact) mass is 329 g/mol. The summed E-state index contributed by atoms with van der Waals surface area (Å²) in [5.41, 5.74) is 2.34. The number of rotatable bonds is 2. The van der Waals surface area contributed by atoms with Crippen LogP contribution in [0.15, 0.2) is 48.5 Å². The quantitative estimate of drug-likeness (QED) is 0.813. The van der Waals surface area contributed by atoms with E-state index < -0.39 is 11.9 Å². The molecule has 0 amide bonds. The molecule has 0 aliphatic rings. The molecule has 0 aromatic heterocycles. The van der Waals surface area contributed by atoms with E-state index in [1.165, 1.54) is 12.1 Å². The second-order valence-electron chi connectivity index (χ2n) is 4.31. The predicted octanol–water partition coefficient (Wildman–Crippen LogP) is 0.715. The summed E-state index contributed by atoms with van der Waals surface area (Å²) in [4.78, 5) is 20.5. The minimum Gasteiger partial charge on any atom is -0.545 e. The van der Waals surface area contributed by atoms with Gasteiger partial charge in [-0.15, -0.1) is 0 Å². The first-order chi connectivity index (χ1) is 9.40. The van der Waals surface area contributed by atoms with Crippen molar-refractivity contribution in [1.29, 1.82) is 0 Å². The molecule has 0 atom stereocenters. The molecule has 21 heavy (non-hydrogen) atoms. The molecule has 111 valence electrons. The van der Waals surface area contributed by atoms with Crippen molar-refractivity contribution in [2.45, 2.75) is 13.8 Å². The van der Waals surface area contributed by atoms with E-state index in [-0.39, 0.29) is 27.9 Å². The molecule has 0 fully saturated rings. The van der Waals surface area contributed by atoms with E-state index in [0.29, 0.717) is 0 Å². The average molecular weight is 329 g/mol. The van der Waals surface area contributed by atoms with Gasteiger partial charge in [-0.2, -0.15) is 0 Å². The van der Waals surface area contributed by atoms with E-state index in [1.807, 2.05) is 26.0 Å². The summed E-state index contributed by atoms with van der Waals surface area (Å²) in [7, 11) is 0. The van der Waals surface area contributed by atoms with Crippen molar-refractivity contribution < 1.29 is 36.6 Å². The molecule has 0 aliphatic heterocycles. The number of carboxylic acid groups (broad SMARTS) is 2. The number of carbonyl (C=O) groups is 2. The van der Waals surface area contributed by atoms with E-state index in [0.717, 1.165) is 11.1 Å². The Hall–Kier alpha value is -2.11. The molecule has 1 radical (unpaired) electrons.